The molecule has 156 valence electrons. The largest absolute Gasteiger partial charge is 0.760 e. The molecule has 0 aliphatic heterocycles. The Morgan fingerprint density at radius 2 is 2.00 bits per heavy atom. The van der Waals surface area contributed by atoms with Crippen LogP contribution in [0.5, 0.6) is 0 Å². The monoisotopic (exact) mass is 436 g/mol. The molecule has 30 heavy (non-hydrogen) atoms. The predicted molar refractivity (Wildman–Crippen MR) is 103 cm³/mol. The molecule has 3 aromatic heterocycles. The highest BCUT2D eigenvalue weighted by molar-refractivity contribution is 7.77. The first-order valence-electron chi connectivity index (χ1n) is 8.57. The molecule has 2 N–H and O–H groups in total. The normalized spacial score (nSPS) is 13.2. The summed E-state index contributed by atoms with van der Waals surface area (Å²) in [5.74, 6) is 0. The van der Waals surface area contributed by atoms with Crippen molar-refractivity contribution in [2.24, 2.45) is 0 Å². The van der Waals surface area contributed by atoms with E-state index in [9.17, 15) is 26.7 Å². The van der Waals surface area contributed by atoms with Gasteiger partial charge in [-0.3, -0.25) is 23.7 Å². The molecule has 0 aliphatic rings. The number of H-pyrrole nitrogens is 1. The topological polar surface area (TPSA) is 116 Å². The fraction of sp³-hybridized carbons (Fsp3) is 0.167. The molecule has 0 amide bonds. The van der Waals surface area contributed by atoms with Crippen LogP contribution >= 0.6 is 0 Å². The second-order valence-electron chi connectivity index (χ2n) is 6.49. The average Bonchev–Trinajstić information content (AvgIpc) is 3.19. The molecular formula is C18H13F3N5O3S-. The zero-order chi connectivity index (χ0) is 21.5. The van der Waals surface area contributed by atoms with Gasteiger partial charge in [0.05, 0.1) is 22.6 Å². The SMILES string of the molecule is O=c1c2cn[nH]c2c2ccc(-c3ccncc3CNS(=O)[O-])cc2n1CC(F)(F)F. The van der Waals surface area contributed by atoms with Gasteiger partial charge >= 0.3 is 6.18 Å². The van der Waals surface area contributed by atoms with Crippen LogP contribution in [0.1, 0.15) is 5.56 Å². The van der Waals surface area contributed by atoms with Gasteiger partial charge in [-0.2, -0.15) is 18.3 Å². The number of rotatable bonds is 5. The van der Waals surface area contributed by atoms with Crippen LogP contribution in [-0.4, -0.2) is 34.7 Å². The number of alkyl halides is 3. The summed E-state index contributed by atoms with van der Waals surface area (Å²) in [6.07, 6.45) is -0.458. The van der Waals surface area contributed by atoms with Crippen LogP contribution < -0.4 is 10.3 Å². The van der Waals surface area contributed by atoms with Gasteiger partial charge in [-0.15, -0.1) is 0 Å². The van der Waals surface area contributed by atoms with Crippen molar-refractivity contribution in [2.75, 3.05) is 0 Å². The molecule has 1 atom stereocenters. The fourth-order valence-corrected chi connectivity index (χ4v) is 3.64. The third-order valence-electron chi connectivity index (χ3n) is 4.61. The zero-order valence-corrected chi connectivity index (χ0v) is 15.9. The van der Waals surface area contributed by atoms with Gasteiger partial charge in [-0.05, 0) is 28.8 Å². The van der Waals surface area contributed by atoms with Gasteiger partial charge in [0, 0.05) is 35.6 Å². The van der Waals surface area contributed by atoms with Gasteiger partial charge in [0.25, 0.3) is 5.56 Å². The lowest BCUT2D eigenvalue weighted by Gasteiger charge is -2.16. The van der Waals surface area contributed by atoms with Crippen molar-refractivity contribution < 1.29 is 21.9 Å². The summed E-state index contributed by atoms with van der Waals surface area (Å²) in [5.41, 5.74) is 1.22. The van der Waals surface area contributed by atoms with Crippen molar-refractivity contribution in [2.45, 2.75) is 19.3 Å². The molecule has 0 fully saturated rings. The molecule has 0 spiro atoms. The average molecular weight is 436 g/mol. The number of halogens is 3. The fourth-order valence-electron chi connectivity index (χ4n) is 3.36. The van der Waals surface area contributed by atoms with Crippen molar-refractivity contribution in [1.82, 2.24) is 24.5 Å². The molecule has 0 aliphatic carbocycles. The summed E-state index contributed by atoms with van der Waals surface area (Å²) in [5, 5.41) is 6.92. The maximum atomic E-state index is 13.2. The van der Waals surface area contributed by atoms with Gasteiger partial charge in [0.2, 0.25) is 0 Å². The van der Waals surface area contributed by atoms with E-state index in [0.29, 0.717) is 32.2 Å². The summed E-state index contributed by atoms with van der Waals surface area (Å²) >= 11 is -2.49. The van der Waals surface area contributed by atoms with Crippen LogP contribution in [0, 0.1) is 0 Å². The van der Waals surface area contributed by atoms with E-state index < -0.39 is 29.5 Å². The standard InChI is InChI=1S/C18H14F3N5O3S/c19-18(20,21)9-26-15-5-10(12-3-4-22-6-11(12)7-24-30(28)29)1-2-13(15)16-14(17(26)27)8-23-25-16/h1-6,8,24H,7,9H2,(H,23,25)(H,28,29)/p-1. The Morgan fingerprint density at radius 3 is 2.73 bits per heavy atom. The van der Waals surface area contributed by atoms with Gasteiger partial charge in [-0.25, -0.2) is 4.72 Å². The molecule has 0 saturated heterocycles. The van der Waals surface area contributed by atoms with Crippen molar-refractivity contribution in [3.05, 3.63) is 58.8 Å². The minimum Gasteiger partial charge on any atom is -0.760 e. The van der Waals surface area contributed by atoms with E-state index in [-0.39, 0.29) is 17.4 Å². The van der Waals surface area contributed by atoms with Gasteiger partial charge in [0.15, 0.2) is 0 Å². The number of hydrogen-bond acceptors (Lipinski definition) is 5. The summed E-state index contributed by atoms with van der Waals surface area (Å²) < 4.78 is 64.1. The molecule has 4 aromatic rings. The molecule has 12 heteroatoms. The van der Waals surface area contributed by atoms with Crippen LogP contribution in [0.4, 0.5) is 13.2 Å². The molecular weight excluding hydrogens is 423 g/mol. The maximum absolute atomic E-state index is 13.2. The van der Waals surface area contributed by atoms with E-state index in [0.717, 1.165) is 0 Å². The Hall–Kier alpha value is -3.09. The first kappa shape index (κ1) is 20.2. The van der Waals surface area contributed by atoms with E-state index in [1.54, 1.807) is 18.2 Å². The third kappa shape index (κ3) is 3.84. The van der Waals surface area contributed by atoms with Crippen LogP contribution in [-0.2, 0) is 24.4 Å². The first-order valence-corrected chi connectivity index (χ1v) is 9.64. The Kier molecular flexibility index (Phi) is 5.13. The molecule has 0 bridgehead atoms. The molecule has 0 saturated carbocycles. The Morgan fingerprint density at radius 1 is 1.20 bits per heavy atom. The summed E-state index contributed by atoms with van der Waals surface area (Å²) in [7, 11) is 0. The number of nitrogens with zero attached hydrogens (tertiary/aromatic N) is 3. The van der Waals surface area contributed by atoms with E-state index >= 15 is 0 Å². The molecule has 8 nitrogen and oxygen atoms in total. The third-order valence-corrected chi connectivity index (χ3v) is 4.99. The second kappa shape index (κ2) is 7.63. The Bertz CT molecular complexity index is 1330. The number of benzene rings is 1. The Labute approximate surface area is 169 Å². The lowest BCUT2D eigenvalue weighted by Crippen LogP contribution is -2.28. The number of pyridine rings is 2. The summed E-state index contributed by atoms with van der Waals surface area (Å²) in [6.45, 7) is -1.50. The highest BCUT2D eigenvalue weighted by Gasteiger charge is 2.30. The molecule has 1 unspecified atom stereocenters. The molecule has 4 rings (SSSR count). The first-order chi connectivity index (χ1) is 14.2. The minimum atomic E-state index is -4.60. The Balaban J connectivity index is 1.95. The summed E-state index contributed by atoms with van der Waals surface area (Å²) in [6, 6.07) is 6.36. The molecule has 1 aromatic carbocycles. The number of aromatic amines is 1. The van der Waals surface area contributed by atoms with Crippen LogP contribution in [0.15, 0.2) is 47.7 Å². The predicted octanol–water partition coefficient (Wildman–Crippen LogP) is 2.39. The van der Waals surface area contributed by atoms with Crippen LogP contribution in [0.3, 0.4) is 0 Å². The van der Waals surface area contributed by atoms with E-state index in [1.165, 1.54) is 24.7 Å². The van der Waals surface area contributed by atoms with Crippen LogP contribution in [0.2, 0.25) is 0 Å². The second-order valence-corrected chi connectivity index (χ2v) is 7.24. The van der Waals surface area contributed by atoms with E-state index in [1.807, 2.05) is 0 Å². The number of hydrogen-bond donors (Lipinski definition) is 2. The van der Waals surface area contributed by atoms with Crippen molar-refractivity contribution >= 4 is 33.1 Å². The van der Waals surface area contributed by atoms with E-state index in [4.69, 9.17) is 0 Å². The highest BCUT2D eigenvalue weighted by Crippen LogP contribution is 2.30. The number of nitrogens with one attached hydrogen (secondary N) is 2. The van der Waals surface area contributed by atoms with E-state index in [2.05, 4.69) is 19.9 Å². The van der Waals surface area contributed by atoms with Crippen LogP contribution in [0.25, 0.3) is 32.9 Å². The quantitative estimate of drug-likeness (QED) is 0.466. The lowest BCUT2D eigenvalue weighted by atomic mass is 9.99. The van der Waals surface area contributed by atoms with Crippen molar-refractivity contribution in [3.63, 3.8) is 0 Å². The van der Waals surface area contributed by atoms with Gasteiger partial charge in [-0.1, -0.05) is 12.1 Å². The van der Waals surface area contributed by atoms with Crippen molar-refractivity contribution in [3.8, 4) is 11.1 Å². The highest BCUT2D eigenvalue weighted by atomic mass is 32.2. The zero-order valence-electron chi connectivity index (χ0n) is 15.1. The minimum absolute atomic E-state index is 0.0493. The van der Waals surface area contributed by atoms with Gasteiger partial charge in [0.1, 0.15) is 6.54 Å². The van der Waals surface area contributed by atoms with Gasteiger partial charge < -0.3 is 4.55 Å². The smallest absolute Gasteiger partial charge is 0.406 e. The number of fused-ring (bicyclic) bond motifs is 3. The number of aromatic nitrogens is 4. The van der Waals surface area contributed by atoms with Crippen molar-refractivity contribution in [1.29, 1.82) is 0 Å². The molecule has 0 radical (unpaired) electrons. The molecule has 3 heterocycles. The summed E-state index contributed by atoms with van der Waals surface area (Å²) in [4.78, 5) is 16.7. The maximum Gasteiger partial charge on any atom is 0.406 e. The lowest BCUT2D eigenvalue weighted by molar-refractivity contribution is -0.140.